The number of likely N-dealkylation sites (tertiary alicyclic amines) is 1. The number of Topliss-reactive ketones (excluding diaryl/α,β-unsaturated/α-hetero) is 1. The van der Waals surface area contributed by atoms with Gasteiger partial charge in [0.1, 0.15) is 5.76 Å². The molecular formula is C26H26BrN3O5. The maximum Gasteiger partial charge on any atom is 0.296 e. The number of carbonyl (C=O) groups excluding carboxylic acids is 3. The van der Waals surface area contributed by atoms with E-state index >= 15 is 0 Å². The van der Waals surface area contributed by atoms with Gasteiger partial charge >= 0.3 is 0 Å². The van der Waals surface area contributed by atoms with Crippen molar-refractivity contribution in [1.82, 2.24) is 9.80 Å². The van der Waals surface area contributed by atoms with Gasteiger partial charge in [-0.2, -0.15) is 0 Å². The molecule has 0 bridgehead atoms. The van der Waals surface area contributed by atoms with E-state index < -0.39 is 23.1 Å². The largest absolute Gasteiger partial charge is 0.507 e. The fraction of sp³-hybridized carbons (Fsp3) is 0.346. The number of aliphatic hydroxyl groups is 1. The zero-order valence-corrected chi connectivity index (χ0v) is 21.0. The number of morpholine rings is 1. The van der Waals surface area contributed by atoms with Gasteiger partial charge in [-0.3, -0.25) is 19.3 Å². The average Bonchev–Trinajstić information content (AvgIpc) is 3.23. The lowest BCUT2D eigenvalue weighted by molar-refractivity contribution is -0.143. The predicted octanol–water partition coefficient (Wildman–Crippen LogP) is 2.72. The summed E-state index contributed by atoms with van der Waals surface area (Å²) in [7, 11) is 1.63. The van der Waals surface area contributed by atoms with Gasteiger partial charge in [0.05, 0.1) is 18.8 Å². The van der Waals surface area contributed by atoms with Gasteiger partial charge < -0.3 is 19.6 Å². The van der Waals surface area contributed by atoms with Crippen LogP contribution in [0.3, 0.4) is 0 Å². The smallest absolute Gasteiger partial charge is 0.296 e. The van der Waals surface area contributed by atoms with Crippen LogP contribution in [-0.2, 0) is 24.7 Å². The van der Waals surface area contributed by atoms with Crippen LogP contribution < -0.4 is 4.90 Å². The Morgan fingerprint density at radius 1 is 1.03 bits per heavy atom. The molecule has 3 heterocycles. The van der Waals surface area contributed by atoms with Crippen LogP contribution in [0.25, 0.3) is 5.76 Å². The Morgan fingerprint density at radius 3 is 2.43 bits per heavy atom. The van der Waals surface area contributed by atoms with E-state index in [-0.39, 0.29) is 17.9 Å². The second-order valence-corrected chi connectivity index (χ2v) is 9.83. The van der Waals surface area contributed by atoms with E-state index in [2.05, 4.69) is 20.8 Å². The summed E-state index contributed by atoms with van der Waals surface area (Å²) >= 11 is 3.37. The minimum atomic E-state index is -1.71. The van der Waals surface area contributed by atoms with E-state index in [1.54, 1.807) is 55.6 Å². The molecule has 2 amide bonds. The van der Waals surface area contributed by atoms with Crippen LogP contribution in [0.2, 0.25) is 0 Å². The molecule has 0 saturated carbocycles. The van der Waals surface area contributed by atoms with Gasteiger partial charge in [-0.15, -0.1) is 0 Å². The minimum absolute atomic E-state index is 0.182. The van der Waals surface area contributed by atoms with E-state index in [9.17, 15) is 19.5 Å². The number of benzene rings is 2. The molecule has 1 spiro atoms. The highest BCUT2D eigenvalue weighted by Gasteiger charge is 2.66. The molecule has 182 valence electrons. The number of aliphatic hydroxyl groups excluding tert-OH is 1. The standard InChI is InChI=1S/C26H26BrN3O5/c1-28-20-6-3-2-5-19(20)26(25(28)34)21(22(31)17-7-9-18(27)10-8-17)23(32)24(33)30(26)12-4-11-29-13-15-35-16-14-29/h2-3,5-10,31H,4,11-16H2,1H3/t26-/m1/s1. The highest BCUT2D eigenvalue weighted by atomic mass is 79.9. The van der Waals surface area contributed by atoms with Gasteiger partial charge in [-0.25, -0.2) is 0 Å². The Bertz CT molecular complexity index is 1220. The normalized spacial score (nSPS) is 24.0. The van der Waals surface area contributed by atoms with Crippen molar-refractivity contribution in [3.8, 4) is 0 Å². The molecule has 0 radical (unpaired) electrons. The van der Waals surface area contributed by atoms with Crippen molar-refractivity contribution in [2.24, 2.45) is 0 Å². The predicted molar refractivity (Wildman–Crippen MR) is 134 cm³/mol. The molecule has 2 saturated heterocycles. The molecule has 5 rings (SSSR count). The molecule has 3 aliphatic heterocycles. The number of carbonyl (C=O) groups is 3. The number of fused-ring (bicyclic) bond motifs is 2. The lowest BCUT2D eigenvalue weighted by Crippen LogP contribution is -2.52. The fourth-order valence-corrected chi connectivity index (χ4v) is 5.56. The molecule has 9 heteroatoms. The van der Waals surface area contributed by atoms with Crippen molar-refractivity contribution in [3.63, 3.8) is 0 Å². The maximum atomic E-state index is 14.0. The Morgan fingerprint density at radius 2 is 1.71 bits per heavy atom. The van der Waals surface area contributed by atoms with E-state index in [0.29, 0.717) is 43.0 Å². The number of nitrogens with zero attached hydrogens (tertiary/aromatic N) is 3. The van der Waals surface area contributed by atoms with Gasteiger partial charge in [-0.1, -0.05) is 46.3 Å². The summed E-state index contributed by atoms with van der Waals surface area (Å²) in [5, 5.41) is 11.4. The number of hydrogen-bond acceptors (Lipinski definition) is 6. The van der Waals surface area contributed by atoms with Crippen molar-refractivity contribution in [1.29, 1.82) is 0 Å². The summed E-state index contributed by atoms with van der Waals surface area (Å²) in [6, 6.07) is 13.9. The summed E-state index contributed by atoms with van der Waals surface area (Å²) in [5.41, 5.74) is -0.394. The highest BCUT2D eigenvalue weighted by Crippen LogP contribution is 2.53. The number of ketones is 1. The van der Waals surface area contributed by atoms with E-state index in [0.717, 1.165) is 17.6 Å². The zero-order chi connectivity index (χ0) is 24.7. The molecule has 0 aliphatic carbocycles. The van der Waals surface area contributed by atoms with Crippen LogP contribution in [0.5, 0.6) is 0 Å². The van der Waals surface area contributed by atoms with Crippen LogP contribution in [0.15, 0.2) is 58.6 Å². The SMILES string of the molecule is CN1C(=O)[C@]2(C(=C(O)c3ccc(Br)cc3)C(=O)C(=O)N2CCCN2CCOCC2)c2ccccc21. The maximum absolute atomic E-state index is 14.0. The zero-order valence-electron chi connectivity index (χ0n) is 19.4. The second kappa shape index (κ2) is 9.22. The van der Waals surface area contributed by atoms with E-state index in [4.69, 9.17) is 4.74 Å². The topological polar surface area (TPSA) is 90.4 Å². The molecule has 35 heavy (non-hydrogen) atoms. The molecule has 2 aromatic carbocycles. The molecular weight excluding hydrogens is 514 g/mol. The number of rotatable bonds is 5. The molecule has 3 aliphatic rings. The number of para-hydroxylation sites is 1. The Kier molecular flexibility index (Phi) is 6.25. The number of halogens is 1. The summed E-state index contributed by atoms with van der Waals surface area (Å²) in [5.74, 6) is -2.41. The van der Waals surface area contributed by atoms with Crippen LogP contribution in [0.1, 0.15) is 17.5 Å². The lowest BCUT2D eigenvalue weighted by Gasteiger charge is -2.35. The highest BCUT2D eigenvalue weighted by molar-refractivity contribution is 9.10. The summed E-state index contributed by atoms with van der Waals surface area (Å²) in [6.45, 7) is 3.84. The first kappa shape index (κ1) is 23.7. The molecule has 2 fully saturated rings. The molecule has 1 N–H and O–H groups in total. The Hall–Kier alpha value is -3.01. The van der Waals surface area contributed by atoms with E-state index in [1.165, 1.54) is 9.80 Å². The number of anilines is 1. The second-order valence-electron chi connectivity index (χ2n) is 8.92. The number of hydrogen-bond donors (Lipinski definition) is 1. The monoisotopic (exact) mass is 539 g/mol. The lowest BCUT2D eigenvalue weighted by atomic mass is 9.82. The average molecular weight is 540 g/mol. The summed E-state index contributed by atoms with van der Waals surface area (Å²) in [6.07, 6.45) is 0.576. The van der Waals surface area contributed by atoms with Crippen LogP contribution in [0, 0.1) is 0 Å². The number of amides is 2. The number of ether oxygens (including phenoxy) is 1. The van der Waals surface area contributed by atoms with Gasteiger partial charge in [0.15, 0.2) is 5.54 Å². The molecule has 8 nitrogen and oxygen atoms in total. The minimum Gasteiger partial charge on any atom is -0.507 e. The summed E-state index contributed by atoms with van der Waals surface area (Å²) in [4.78, 5) is 45.9. The van der Waals surface area contributed by atoms with Crippen molar-refractivity contribution in [2.75, 3.05) is 51.3 Å². The third kappa shape index (κ3) is 3.69. The molecule has 0 aromatic heterocycles. The Labute approximate surface area is 211 Å². The fourth-order valence-electron chi connectivity index (χ4n) is 5.30. The third-order valence-electron chi connectivity index (χ3n) is 7.02. The van der Waals surface area contributed by atoms with Crippen molar-refractivity contribution >= 4 is 45.0 Å². The van der Waals surface area contributed by atoms with Crippen LogP contribution in [-0.4, -0.2) is 78.9 Å². The van der Waals surface area contributed by atoms with Crippen molar-refractivity contribution in [3.05, 3.63) is 69.7 Å². The quantitative estimate of drug-likeness (QED) is 0.357. The van der Waals surface area contributed by atoms with Crippen LogP contribution >= 0.6 is 15.9 Å². The molecule has 0 unspecified atom stereocenters. The first-order valence-corrected chi connectivity index (χ1v) is 12.4. The van der Waals surface area contributed by atoms with Gasteiger partial charge in [0, 0.05) is 54.5 Å². The molecule has 1 atom stereocenters. The Balaban J connectivity index is 1.63. The van der Waals surface area contributed by atoms with Crippen LogP contribution in [0.4, 0.5) is 5.69 Å². The number of likely N-dealkylation sites (N-methyl/N-ethyl adjacent to an activating group) is 1. The first-order chi connectivity index (χ1) is 16.9. The summed E-state index contributed by atoms with van der Waals surface area (Å²) < 4.78 is 6.20. The van der Waals surface area contributed by atoms with Crippen molar-refractivity contribution < 1.29 is 24.2 Å². The van der Waals surface area contributed by atoms with Gasteiger partial charge in [0.25, 0.3) is 17.6 Å². The third-order valence-corrected chi connectivity index (χ3v) is 7.55. The van der Waals surface area contributed by atoms with Gasteiger partial charge in [-0.05, 0) is 24.6 Å². The van der Waals surface area contributed by atoms with Gasteiger partial charge in [0.2, 0.25) is 0 Å². The van der Waals surface area contributed by atoms with Crippen molar-refractivity contribution in [2.45, 2.75) is 12.0 Å². The molecule has 2 aromatic rings. The first-order valence-electron chi connectivity index (χ1n) is 11.6. The van der Waals surface area contributed by atoms with E-state index in [1.807, 2.05) is 0 Å².